The fraction of sp³-hybridized carbons (Fsp3) is 0.545. The zero-order valence-corrected chi connectivity index (χ0v) is 9.53. The molecule has 3 heteroatoms. The normalized spacial score (nSPS) is 17.9. The third-order valence-corrected chi connectivity index (χ3v) is 4.17. The summed E-state index contributed by atoms with van der Waals surface area (Å²) in [6.45, 7) is 3.10. The van der Waals surface area contributed by atoms with Gasteiger partial charge in [-0.3, -0.25) is 4.98 Å². The molecule has 0 atom stereocenters. The minimum atomic E-state index is 0.525. The Morgan fingerprint density at radius 1 is 1.57 bits per heavy atom. The Kier molecular flexibility index (Phi) is 2.68. The lowest BCUT2D eigenvalue weighted by molar-refractivity contribution is 0.947. The van der Waals surface area contributed by atoms with Crippen LogP contribution in [0.3, 0.4) is 0 Å². The molecular formula is C11H16N2S. The van der Waals surface area contributed by atoms with E-state index in [1.165, 1.54) is 18.5 Å². The number of nitrogens with zero attached hydrogens (tertiary/aromatic N) is 1. The van der Waals surface area contributed by atoms with Crippen LogP contribution >= 0.6 is 11.8 Å². The highest BCUT2D eigenvalue weighted by atomic mass is 32.2. The van der Waals surface area contributed by atoms with Crippen LogP contribution in [0.1, 0.15) is 18.5 Å². The first-order valence-corrected chi connectivity index (χ1v) is 6.18. The van der Waals surface area contributed by atoms with Crippen molar-refractivity contribution in [2.75, 3.05) is 18.1 Å². The predicted octanol–water partition coefficient (Wildman–Crippen LogP) is 2.70. The number of aromatic nitrogens is 1. The number of thioether (sulfide) groups is 1. The van der Waals surface area contributed by atoms with E-state index in [-0.39, 0.29) is 0 Å². The molecule has 0 spiro atoms. The van der Waals surface area contributed by atoms with E-state index >= 15 is 0 Å². The molecule has 2 nitrogen and oxygen atoms in total. The van der Waals surface area contributed by atoms with Gasteiger partial charge in [0.1, 0.15) is 0 Å². The Balaban J connectivity index is 1.92. The van der Waals surface area contributed by atoms with Crippen LogP contribution in [0.25, 0.3) is 0 Å². The number of aryl methyl sites for hydroxylation is 1. The van der Waals surface area contributed by atoms with Gasteiger partial charge in [-0.05, 0) is 38.2 Å². The minimum Gasteiger partial charge on any atom is -0.384 e. The molecule has 1 N–H and O–H groups in total. The van der Waals surface area contributed by atoms with E-state index in [1.54, 1.807) is 0 Å². The van der Waals surface area contributed by atoms with Gasteiger partial charge in [0.15, 0.2) is 0 Å². The molecule has 1 aromatic heterocycles. The van der Waals surface area contributed by atoms with Crippen molar-refractivity contribution in [1.82, 2.24) is 4.98 Å². The molecule has 0 unspecified atom stereocenters. The molecule has 14 heavy (non-hydrogen) atoms. The van der Waals surface area contributed by atoms with Crippen molar-refractivity contribution in [3.63, 3.8) is 0 Å². The first-order valence-electron chi connectivity index (χ1n) is 4.96. The maximum absolute atomic E-state index is 4.17. The quantitative estimate of drug-likeness (QED) is 0.823. The molecule has 0 aliphatic heterocycles. The minimum absolute atomic E-state index is 0.525. The predicted molar refractivity (Wildman–Crippen MR) is 62.9 cm³/mol. The molecule has 1 aromatic rings. The van der Waals surface area contributed by atoms with Crippen molar-refractivity contribution in [3.05, 3.63) is 24.0 Å². The van der Waals surface area contributed by atoms with E-state index in [2.05, 4.69) is 22.6 Å². The van der Waals surface area contributed by atoms with Crippen LogP contribution in [-0.4, -0.2) is 22.5 Å². The molecular weight excluding hydrogens is 192 g/mol. The van der Waals surface area contributed by atoms with Gasteiger partial charge in [-0.15, -0.1) is 0 Å². The van der Waals surface area contributed by atoms with Crippen molar-refractivity contribution in [2.24, 2.45) is 0 Å². The molecule has 1 saturated carbocycles. The Morgan fingerprint density at radius 3 is 2.93 bits per heavy atom. The maximum atomic E-state index is 4.17. The third kappa shape index (κ3) is 2.21. The van der Waals surface area contributed by atoms with E-state index in [0.29, 0.717) is 4.75 Å². The molecule has 0 radical (unpaired) electrons. The van der Waals surface area contributed by atoms with Crippen LogP contribution in [0.2, 0.25) is 0 Å². The Morgan fingerprint density at radius 2 is 2.36 bits per heavy atom. The summed E-state index contributed by atoms with van der Waals surface area (Å²) in [6, 6.07) is 4.12. The fourth-order valence-corrected chi connectivity index (χ4v) is 2.24. The second kappa shape index (κ2) is 3.81. The van der Waals surface area contributed by atoms with Gasteiger partial charge in [-0.25, -0.2) is 0 Å². The summed E-state index contributed by atoms with van der Waals surface area (Å²) in [5.41, 5.74) is 2.27. The van der Waals surface area contributed by atoms with E-state index in [4.69, 9.17) is 0 Å². The van der Waals surface area contributed by atoms with Gasteiger partial charge < -0.3 is 5.32 Å². The number of hydrogen-bond donors (Lipinski definition) is 1. The lowest BCUT2D eigenvalue weighted by Gasteiger charge is -2.14. The summed E-state index contributed by atoms with van der Waals surface area (Å²) in [6.07, 6.45) is 6.76. The number of anilines is 1. The van der Waals surface area contributed by atoms with Gasteiger partial charge >= 0.3 is 0 Å². The van der Waals surface area contributed by atoms with E-state index in [0.717, 1.165) is 12.2 Å². The highest BCUT2D eigenvalue weighted by Gasteiger charge is 2.41. The molecule has 1 aliphatic carbocycles. The van der Waals surface area contributed by atoms with Gasteiger partial charge in [0.2, 0.25) is 0 Å². The van der Waals surface area contributed by atoms with Crippen LogP contribution in [0.5, 0.6) is 0 Å². The van der Waals surface area contributed by atoms with Crippen LogP contribution in [0, 0.1) is 6.92 Å². The number of nitrogens with one attached hydrogen (secondary N) is 1. The van der Waals surface area contributed by atoms with Crippen LogP contribution < -0.4 is 5.32 Å². The topological polar surface area (TPSA) is 24.9 Å². The smallest absolute Gasteiger partial charge is 0.0393 e. The van der Waals surface area contributed by atoms with Crippen LogP contribution in [0.15, 0.2) is 18.3 Å². The zero-order chi connectivity index (χ0) is 10.0. The summed E-state index contributed by atoms with van der Waals surface area (Å²) < 4.78 is 0.525. The molecule has 1 fully saturated rings. The first-order chi connectivity index (χ1) is 6.74. The van der Waals surface area contributed by atoms with Crippen molar-refractivity contribution in [1.29, 1.82) is 0 Å². The summed E-state index contributed by atoms with van der Waals surface area (Å²) in [7, 11) is 0. The second-order valence-corrected chi connectivity index (χ2v) is 5.20. The van der Waals surface area contributed by atoms with Crippen molar-refractivity contribution >= 4 is 17.4 Å². The summed E-state index contributed by atoms with van der Waals surface area (Å²) in [4.78, 5) is 4.17. The number of hydrogen-bond acceptors (Lipinski definition) is 3. The van der Waals surface area contributed by atoms with E-state index < -0.39 is 0 Å². The molecule has 0 amide bonds. The second-order valence-electron chi connectivity index (χ2n) is 3.93. The molecule has 0 saturated heterocycles. The highest BCUT2D eigenvalue weighted by Crippen LogP contribution is 2.46. The largest absolute Gasteiger partial charge is 0.384 e. The van der Waals surface area contributed by atoms with Gasteiger partial charge in [0.05, 0.1) is 0 Å². The highest BCUT2D eigenvalue weighted by molar-refractivity contribution is 8.00. The standard InChI is InChI=1S/C11H16N2S/c1-9-7-10(3-6-12-9)13-8-11(14-2)4-5-11/h3,6-7H,4-5,8H2,1-2H3,(H,12,13). The monoisotopic (exact) mass is 208 g/mol. The molecule has 1 aliphatic rings. The van der Waals surface area contributed by atoms with E-state index in [1.807, 2.05) is 30.9 Å². The Bertz CT molecular complexity index is 321. The average molecular weight is 208 g/mol. The fourth-order valence-electron chi connectivity index (χ4n) is 1.51. The van der Waals surface area contributed by atoms with Crippen LogP contribution in [-0.2, 0) is 0 Å². The lowest BCUT2D eigenvalue weighted by Crippen LogP contribution is -2.17. The van der Waals surface area contributed by atoms with Gasteiger partial charge in [-0.2, -0.15) is 11.8 Å². The molecule has 0 bridgehead atoms. The van der Waals surface area contributed by atoms with Gasteiger partial charge in [0, 0.05) is 28.9 Å². The average Bonchev–Trinajstić information content (AvgIpc) is 2.96. The molecule has 0 aromatic carbocycles. The van der Waals surface area contributed by atoms with E-state index in [9.17, 15) is 0 Å². The van der Waals surface area contributed by atoms with Gasteiger partial charge in [-0.1, -0.05) is 0 Å². The van der Waals surface area contributed by atoms with Crippen LogP contribution in [0.4, 0.5) is 5.69 Å². The Labute approximate surface area is 89.5 Å². The zero-order valence-electron chi connectivity index (χ0n) is 8.71. The van der Waals surface area contributed by atoms with Gasteiger partial charge in [0.25, 0.3) is 0 Å². The molecule has 2 rings (SSSR count). The first kappa shape index (κ1) is 9.84. The lowest BCUT2D eigenvalue weighted by atomic mass is 10.3. The Hall–Kier alpha value is -0.700. The maximum Gasteiger partial charge on any atom is 0.0393 e. The molecule has 1 heterocycles. The summed E-state index contributed by atoms with van der Waals surface area (Å²) in [5.74, 6) is 0. The summed E-state index contributed by atoms with van der Waals surface area (Å²) in [5, 5.41) is 3.48. The van der Waals surface area contributed by atoms with Crippen molar-refractivity contribution in [2.45, 2.75) is 24.5 Å². The number of pyridine rings is 1. The number of rotatable bonds is 4. The SMILES string of the molecule is CSC1(CNc2ccnc(C)c2)CC1. The third-order valence-electron chi connectivity index (χ3n) is 2.75. The van der Waals surface area contributed by atoms with Crippen molar-refractivity contribution < 1.29 is 0 Å². The van der Waals surface area contributed by atoms with Crippen molar-refractivity contribution in [3.8, 4) is 0 Å². The summed E-state index contributed by atoms with van der Waals surface area (Å²) >= 11 is 1.98. The molecule has 76 valence electrons.